The van der Waals surface area contributed by atoms with Gasteiger partial charge in [-0.15, -0.1) is 11.3 Å². The number of hydrogen-bond donors (Lipinski definition) is 1. The molecule has 1 amide bonds. The third-order valence-corrected chi connectivity index (χ3v) is 7.30. The molecule has 1 aromatic carbocycles. The van der Waals surface area contributed by atoms with Gasteiger partial charge >= 0.3 is 0 Å². The van der Waals surface area contributed by atoms with Crippen LogP contribution in [0, 0.1) is 13.8 Å². The highest BCUT2D eigenvalue weighted by Gasteiger charge is 2.23. The molecule has 4 rings (SSSR count). The molecule has 7 heteroatoms. The van der Waals surface area contributed by atoms with E-state index in [1.165, 1.54) is 28.6 Å². The van der Waals surface area contributed by atoms with Crippen molar-refractivity contribution >= 4 is 39.2 Å². The molecule has 1 aliphatic carbocycles. The Kier molecular flexibility index (Phi) is 5.29. The fourth-order valence-corrected chi connectivity index (χ4v) is 5.84. The summed E-state index contributed by atoms with van der Waals surface area (Å²) in [6.07, 6.45) is 4.27. The molecule has 0 saturated heterocycles. The SMILES string of the molecule is CNC(=O)CSc1nc2sc3c(c2c(=O)n1-c1cc(C)ccc1C)CCCC3. The molecule has 1 aliphatic rings. The second-order valence-corrected chi connectivity index (χ2v) is 9.20. The summed E-state index contributed by atoms with van der Waals surface area (Å²) in [7, 11) is 1.62. The van der Waals surface area contributed by atoms with Crippen molar-refractivity contribution in [1.29, 1.82) is 0 Å². The summed E-state index contributed by atoms with van der Waals surface area (Å²) < 4.78 is 1.71. The average molecular weight is 414 g/mol. The summed E-state index contributed by atoms with van der Waals surface area (Å²) in [5.41, 5.74) is 4.11. The van der Waals surface area contributed by atoms with E-state index in [2.05, 4.69) is 5.32 Å². The Hall–Kier alpha value is -2.12. The van der Waals surface area contributed by atoms with Gasteiger partial charge in [-0.05, 0) is 62.3 Å². The van der Waals surface area contributed by atoms with Gasteiger partial charge in [0, 0.05) is 11.9 Å². The maximum Gasteiger partial charge on any atom is 0.267 e. The van der Waals surface area contributed by atoms with E-state index in [0.717, 1.165) is 46.3 Å². The van der Waals surface area contributed by atoms with Gasteiger partial charge in [0.05, 0.1) is 16.8 Å². The number of hydrogen-bond acceptors (Lipinski definition) is 5. The standard InChI is InChI=1S/C21H23N3O2S2/c1-12-8-9-13(2)15(10-12)24-20(26)18-14-6-4-5-7-16(14)28-19(18)23-21(24)27-11-17(25)22-3/h8-10H,4-7,11H2,1-3H3,(H,22,25). The van der Waals surface area contributed by atoms with Crippen LogP contribution in [-0.4, -0.2) is 28.3 Å². The number of nitrogens with zero attached hydrogens (tertiary/aromatic N) is 2. The predicted octanol–water partition coefficient (Wildman–Crippen LogP) is 3.78. The van der Waals surface area contributed by atoms with Crippen LogP contribution in [0.3, 0.4) is 0 Å². The van der Waals surface area contributed by atoms with E-state index >= 15 is 0 Å². The number of rotatable bonds is 4. The van der Waals surface area contributed by atoms with Crippen molar-refractivity contribution in [3.8, 4) is 5.69 Å². The van der Waals surface area contributed by atoms with Crippen LogP contribution >= 0.6 is 23.1 Å². The quantitative estimate of drug-likeness (QED) is 0.522. The molecule has 0 aliphatic heterocycles. The average Bonchev–Trinajstić information content (AvgIpc) is 3.07. The second-order valence-electron chi connectivity index (χ2n) is 7.18. The monoisotopic (exact) mass is 413 g/mol. The first-order valence-electron chi connectivity index (χ1n) is 9.48. The first-order chi connectivity index (χ1) is 13.5. The summed E-state index contributed by atoms with van der Waals surface area (Å²) in [6, 6.07) is 6.09. The Balaban J connectivity index is 1.98. The smallest absolute Gasteiger partial charge is 0.267 e. The topological polar surface area (TPSA) is 64.0 Å². The number of thioether (sulfide) groups is 1. The van der Waals surface area contributed by atoms with Crippen molar-refractivity contribution in [2.75, 3.05) is 12.8 Å². The van der Waals surface area contributed by atoms with E-state index in [-0.39, 0.29) is 17.2 Å². The summed E-state index contributed by atoms with van der Waals surface area (Å²) in [6.45, 7) is 4.02. The highest BCUT2D eigenvalue weighted by Crippen LogP contribution is 2.35. The lowest BCUT2D eigenvalue weighted by molar-refractivity contribution is -0.118. The molecular formula is C21H23N3O2S2. The largest absolute Gasteiger partial charge is 0.358 e. The molecule has 0 fully saturated rings. The van der Waals surface area contributed by atoms with E-state index < -0.39 is 0 Å². The van der Waals surface area contributed by atoms with Crippen molar-refractivity contribution in [2.24, 2.45) is 0 Å². The van der Waals surface area contributed by atoms with Gasteiger partial charge in [-0.2, -0.15) is 0 Å². The van der Waals surface area contributed by atoms with Gasteiger partial charge in [-0.1, -0.05) is 23.9 Å². The Bertz CT molecular complexity index is 1130. The molecule has 3 aromatic rings. The Morgan fingerprint density at radius 3 is 2.86 bits per heavy atom. The molecule has 0 radical (unpaired) electrons. The van der Waals surface area contributed by atoms with Crippen molar-refractivity contribution in [3.63, 3.8) is 0 Å². The number of amides is 1. The molecule has 2 heterocycles. The van der Waals surface area contributed by atoms with Crippen molar-refractivity contribution in [1.82, 2.24) is 14.9 Å². The molecule has 28 heavy (non-hydrogen) atoms. The number of aromatic nitrogens is 2. The molecule has 5 nitrogen and oxygen atoms in total. The van der Waals surface area contributed by atoms with Gasteiger partial charge in [0.1, 0.15) is 4.83 Å². The molecule has 0 atom stereocenters. The predicted molar refractivity (Wildman–Crippen MR) is 116 cm³/mol. The fraction of sp³-hybridized carbons (Fsp3) is 0.381. The lowest BCUT2D eigenvalue weighted by atomic mass is 9.97. The summed E-state index contributed by atoms with van der Waals surface area (Å²) in [5.74, 6) is 0.141. The highest BCUT2D eigenvalue weighted by atomic mass is 32.2. The second kappa shape index (κ2) is 7.72. The van der Waals surface area contributed by atoms with Gasteiger partial charge in [0.2, 0.25) is 5.91 Å². The highest BCUT2D eigenvalue weighted by molar-refractivity contribution is 7.99. The molecule has 0 saturated carbocycles. The van der Waals surface area contributed by atoms with E-state index in [9.17, 15) is 9.59 Å². The first kappa shape index (κ1) is 19.2. The van der Waals surface area contributed by atoms with Crippen LogP contribution in [0.25, 0.3) is 15.9 Å². The lowest BCUT2D eigenvalue weighted by Gasteiger charge is -2.15. The number of carbonyl (C=O) groups excluding carboxylic acids is 1. The zero-order valence-corrected chi connectivity index (χ0v) is 17.9. The Labute approximate surface area is 172 Å². The zero-order chi connectivity index (χ0) is 19.8. The molecule has 146 valence electrons. The molecule has 0 bridgehead atoms. The maximum atomic E-state index is 13.7. The minimum absolute atomic E-state index is 0.0162. The van der Waals surface area contributed by atoms with Crippen molar-refractivity contribution in [3.05, 3.63) is 50.1 Å². The van der Waals surface area contributed by atoms with Crippen LogP contribution in [0.15, 0.2) is 28.2 Å². The van der Waals surface area contributed by atoms with E-state index in [4.69, 9.17) is 4.98 Å². The maximum absolute atomic E-state index is 13.7. The summed E-state index contributed by atoms with van der Waals surface area (Å²) in [4.78, 5) is 32.5. The number of thiophene rings is 1. The van der Waals surface area contributed by atoms with Gasteiger partial charge < -0.3 is 5.32 Å². The van der Waals surface area contributed by atoms with E-state index in [0.29, 0.717) is 5.16 Å². The van der Waals surface area contributed by atoms with Crippen LogP contribution in [-0.2, 0) is 17.6 Å². The van der Waals surface area contributed by atoms with E-state index in [1.807, 2.05) is 32.0 Å². The number of aryl methyl sites for hydroxylation is 4. The van der Waals surface area contributed by atoms with Crippen molar-refractivity contribution < 1.29 is 4.79 Å². The van der Waals surface area contributed by atoms with Gasteiger partial charge in [0.25, 0.3) is 5.56 Å². The summed E-state index contributed by atoms with van der Waals surface area (Å²) >= 11 is 2.95. The van der Waals surface area contributed by atoms with Crippen LogP contribution in [0.5, 0.6) is 0 Å². The number of benzene rings is 1. The van der Waals surface area contributed by atoms with Crippen LogP contribution in [0.4, 0.5) is 0 Å². The first-order valence-corrected chi connectivity index (χ1v) is 11.3. The minimum atomic E-state index is -0.0858. The molecule has 0 unspecified atom stereocenters. The fourth-order valence-electron chi connectivity index (χ4n) is 3.66. The molecule has 0 spiro atoms. The van der Waals surface area contributed by atoms with Gasteiger partial charge in [0.15, 0.2) is 5.16 Å². The Morgan fingerprint density at radius 1 is 1.29 bits per heavy atom. The third-order valence-electron chi connectivity index (χ3n) is 5.17. The van der Waals surface area contributed by atoms with Gasteiger partial charge in [-0.25, -0.2) is 4.98 Å². The van der Waals surface area contributed by atoms with Crippen LogP contribution < -0.4 is 10.9 Å². The molecule has 1 N–H and O–H groups in total. The molecular weight excluding hydrogens is 390 g/mol. The molecule has 2 aromatic heterocycles. The minimum Gasteiger partial charge on any atom is -0.358 e. The van der Waals surface area contributed by atoms with E-state index in [1.54, 1.807) is 23.0 Å². The number of fused-ring (bicyclic) bond motifs is 3. The van der Waals surface area contributed by atoms with Crippen molar-refractivity contribution in [2.45, 2.75) is 44.7 Å². The lowest BCUT2D eigenvalue weighted by Crippen LogP contribution is -2.25. The van der Waals surface area contributed by atoms with Crippen LogP contribution in [0.2, 0.25) is 0 Å². The number of nitrogens with one attached hydrogen (secondary N) is 1. The number of carbonyl (C=O) groups is 1. The summed E-state index contributed by atoms with van der Waals surface area (Å²) in [5, 5.41) is 3.98. The van der Waals surface area contributed by atoms with Crippen LogP contribution in [0.1, 0.15) is 34.4 Å². The van der Waals surface area contributed by atoms with Gasteiger partial charge in [-0.3, -0.25) is 14.2 Å². The third kappa shape index (κ3) is 3.37. The zero-order valence-electron chi connectivity index (χ0n) is 16.3. The normalized spacial score (nSPS) is 13.5. The Morgan fingerprint density at radius 2 is 2.07 bits per heavy atom.